The maximum atomic E-state index is 14.8. The van der Waals surface area contributed by atoms with Gasteiger partial charge in [-0.3, -0.25) is 23.7 Å². The number of hydrogen-bond acceptors (Lipinski definition) is 6. The van der Waals surface area contributed by atoms with Crippen molar-refractivity contribution in [2.24, 2.45) is 5.92 Å². The van der Waals surface area contributed by atoms with Gasteiger partial charge in [-0.25, -0.2) is 9.18 Å². The van der Waals surface area contributed by atoms with Crippen molar-refractivity contribution in [2.45, 2.75) is 51.2 Å². The molecule has 16 heteroatoms. The van der Waals surface area contributed by atoms with E-state index in [9.17, 15) is 31.9 Å². The number of alkyl halides is 3. The highest BCUT2D eigenvalue weighted by Gasteiger charge is 2.38. The van der Waals surface area contributed by atoms with Crippen molar-refractivity contribution in [3.05, 3.63) is 73.6 Å². The van der Waals surface area contributed by atoms with Gasteiger partial charge in [0.2, 0.25) is 0 Å². The summed E-state index contributed by atoms with van der Waals surface area (Å²) in [4.78, 5) is 53.4. The lowest BCUT2D eigenvalue weighted by Crippen LogP contribution is -2.50. The highest BCUT2D eigenvalue weighted by atomic mass is 35.5. The van der Waals surface area contributed by atoms with E-state index in [1.165, 1.54) is 12.1 Å². The van der Waals surface area contributed by atoms with Gasteiger partial charge in [0.1, 0.15) is 16.5 Å². The molecule has 2 N–H and O–H groups in total. The number of fused-ring (bicyclic) bond motifs is 1. The number of rotatable bonds is 6. The molecule has 2 saturated heterocycles. The van der Waals surface area contributed by atoms with Crippen LogP contribution in [0.2, 0.25) is 10.2 Å². The zero-order valence-electron chi connectivity index (χ0n) is 24.7. The van der Waals surface area contributed by atoms with Gasteiger partial charge in [-0.15, -0.1) is 0 Å². The van der Waals surface area contributed by atoms with Gasteiger partial charge in [-0.2, -0.15) is 13.2 Å². The fraction of sp³-hybridized carbons (Fsp3) is 0.467. The fourth-order valence-electron chi connectivity index (χ4n) is 5.77. The van der Waals surface area contributed by atoms with E-state index in [2.05, 4.69) is 9.88 Å². The minimum absolute atomic E-state index is 0.0172. The van der Waals surface area contributed by atoms with Crippen LogP contribution in [-0.2, 0) is 20.7 Å². The number of likely N-dealkylation sites (tertiary alicyclic amines) is 2. The summed E-state index contributed by atoms with van der Waals surface area (Å²) in [5.41, 5.74) is 1.35. The Bertz CT molecular complexity index is 1650. The van der Waals surface area contributed by atoms with E-state index >= 15 is 0 Å². The molecule has 2 aromatic heterocycles. The predicted molar refractivity (Wildman–Crippen MR) is 161 cm³/mol. The Morgan fingerprint density at radius 2 is 1.76 bits per heavy atom. The Morgan fingerprint density at radius 3 is 2.39 bits per heavy atom. The van der Waals surface area contributed by atoms with E-state index in [0.29, 0.717) is 49.4 Å². The summed E-state index contributed by atoms with van der Waals surface area (Å²) in [5, 5.41) is 7.60. The standard InChI is InChI=1S/C28H31Cl2FN4O4.C2HF3O2/c1-2-39-28(38)18-4-3-9-34(16-18)19-7-10-33(11-8-19)27(37)21-13-17(5-6-23(21)31)12-20-15-32-26(36)24-14-22(29)25(30)35(20)24;3-2(4,5)1(6)7/h5-6,13-15,18-19H,2-4,7-12,16H2,1H3,(H,32,36);(H,6,7). The Morgan fingerprint density at radius 1 is 1.09 bits per heavy atom. The molecule has 2 aliphatic rings. The van der Waals surface area contributed by atoms with Gasteiger partial charge >= 0.3 is 18.1 Å². The molecule has 0 spiro atoms. The molecule has 1 unspecified atom stereocenters. The zero-order valence-corrected chi connectivity index (χ0v) is 26.2. The molecule has 0 radical (unpaired) electrons. The predicted octanol–water partition coefficient (Wildman–Crippen LogP) is 5.18. The lowest BCUT2D eigenvalue weighted by molar-refractivity contribution is -0.192. The molecule has 1 amide bonds. The van der Waals surface area contributed by atoms with Crippen molar-refractivity contribution < 1.29 is 41.8 Å². The first-order valence-corrected chi connectivity index (χ1v) is 15.3. The van der Waals surface area contributed by atoms with Crippen LogP contribution in [0.1, 0.15) is 54.2 Å². The third-order valence-electron chi connectivity index (χ3n) is 8.02. The van der Waals surface area contributed by atoms with Crippen LogP contribution >= 0.6 is 23.2 Å². The number of benzene rings is 1. The first kappa shape index (κ1) is 35.2. The number of piperidine rings is 2. The van der Waals surface area contributed by atoms with Gasteiger partial charge in [0.15, 0.2) is 0 Å². The molecule has 10 nitrogen and oxygen atoms in total. The third kappa shape index (κ3) is 8.20. The maximum absolute atomic E-state index is 14.8. The summed E-state index contributed by atoms with van der Waals surface area (Å²) in [6, 6.07) is 6.25. The molecule has 0 saturated carbocycles. The SMILES string of the molecule is CCOC(=O)C1CCCN(C2CCN(C(=O)c3cc(Cc4c[nH]c(=O)c5cc(Cl)c(Cl)n45)ccc3F)CC2)C1.O=C(O)C(F)(F)F. The number of carboxylic acids is 1. The largest absolute Gasteiger partial charge is 0.490 e. The normalized spacial score (nSPS) is 17.8. The van der Waals surface area contributed by atoms with Crippen LogP contribution in [0.25, 0.3) is 5.52 Å². The Kier molecular flexibility index (Phi) is 11.4. The molecule has 0 aliphatic carbocycles. The summed E-state index contributed by atoms with van der Waals surface area (Å²) >= 11 is 12.5. The third-order valence-corrected chi connectivity index (χ3v) is 8.77. The molecule has 250 valence electrons. The summed E-state index contributed by atoms with van der Waals surface area (Å²) < 4.78 is 53.4. The quantitative estimate of drug-likeness (QED) is 0.270. The van der Waals surface area contributed by atoms with Crippen molar-refractivity contribution in [3.63, 3.8) is 0 Å². The number of nitrogens with zero attached hydrogens (tertiary/aromatic N) is 3. The van der Waals surface area contributed by atoms with Gasteiger partial charge in [-0.1, -0.05) is 29.3 Å². The van der Waals surface area contributed by atoms with Crippen LogP contribution in [0.4, 0.5) is 17.6 Å². The molecular weight excluding hydrogens is 659 g/mol. The molecule has 2 fully saturated rings. The van der Waals surface area contributed by atoms with Gasteiger partial charge in [0.05, 0.1) is 23.1 Å². The van der Waals surface area contributed by atoms with Crippen LogP contribution in [0.5, 0.6) is 0 Å². The lowest BCUT2D eigenvalue weighted by Gasteiger charge is -2.41. The number of hydrogen-bond donors (Lipinski definition) is 2. The van der Waals surface area contributed by atoms with E-state index in [0.717, 1.165) is 32.2 Å². The van der Waals surface area contributed by atoms with Gasteiger partial charge in [0.25, 0.3) is 11.5 Å². The number of esters is 1. The molecular formula is C30H32Cl2F4N4O6. The number of carbonyl (C=O) groups is 3. The Balaban J connectivity index is 0.000000617. The summed E-state index contributed by atoms with van der Waals surface area (Å²) in [6.07, 6.45) is 0.0896. The van der Waals surface area contributed by atoms with Crippen molar-refractivity contribution in [2.75, 3.05) is 32.8 Å². The minimum atomic E-state index is -5.08. The van der Waals surface area contributed by atoms with Gasteiger partial charge < -0.3 is 19.7 Å². The van der Waals surface area contributed by atoms with E-state index in [-0.39, 0.29) is 45.1 Å². The van der Waals surface area contributed by atoms with E-state index < -0.39 is 18.0 Å². The minimum Gasteiger partial charge on any atom is -0.475 e. The first-order valence-electron chi connectivity index (χ1n) is 14.6. The fourth-order valence-corrected chi connectivity index (χ4v) is 6.21. The highest BCUT2D eigenvalue weighted by molar-refractivity contribution is 6.42. The summed E-state index contributed by atoms with van der Waals surface area (Å²) in [7, 11) is 0. The Hall–Kier alpha value is -3.62. The number of H-pyrrole nitrogens is 1. The number of nitrogens with one attached hydrogen (secondary N) is 1. The molecule has 0 bridgehead atoms. The number of aliphatic carboxylic acids is 1. The smallest absolute Gasteiger partial charge is 0.475 e. The van der Waals surface area contributed by atoms with Crippen molar-refractivity contribution in [1.29, 1.82) is 0 Å². The monoisotopic (exact) mass is 690 g/mol. The average molecular weight is 692 g/mol. The highest BCUT2D eigenvalue weighted by Crippen LogP contribution is 2.28. The average Bonchev–Trinajstić information content (AvgIpc) is 3.33. The second-order valence-corrected chi connectivity index (χ2v) is 11.8. The number of carbonyl (C=O) groups excluding carboxylic acids is 2. The Labute approximate surface area is 270 Å². The molecule has 46 heavy (non-hydrogen) atoms. The van der Waals surface area contributed by atoms with Gasteiger partial charge in [-0.05, 0) is 62.9 Å². The number of amides is 1. The van der Waals surface area contributed by atoms with Crippen LogP contribution < -0.4 is 5.56 Å². The van der Waals surface area contributed by atoms with Crippen LogP contribution in [0.3, 0.4) is 0 Å². The van der Waals surface area contributed by atoms with Crippen molar-refractivity contribution in [3.8, 4) is 0 Å². The molecule has 1 aromatic carbocycles. The second kappa shape index (κ2) is 14.9. The molecule has 4 heterocycles. The number of aromatic amines is 1. The molecule has 2 aliphatic heterocycles. The van der Waals surface area contributed by atoms with E-state index in [1.807, 2.05) is 6.92 Å². The number of halogens is 6. The lowest BCUT2D eigenvalue weighted by atomic mass is 9.93. The van der Waals surface area contributed by atoms with Crippen LogP contribution in [-0.4, -0.2) is 87.1 Å². The number of ether oxygens (including phenoxy) is 1. The van der Waals surface area contributed by atoms with Gasteiger partial charge in [0, 0.05) is 44.0 Å². The van der Waals surface area contributed by atoms with Crippen LogP contribution in [0, 0.1) is 11.7 Å². The number of carboxylic acid groups (broad SMARTS) is 1. The second-order valence-electron chi connectivity index (χ2n) is 11.0. The van der Waals surface area contributed by atoms with Crippen molar-refractivity contribution in [1.82, 2.24) is 19.2 Å². The molecule has 3 aromatic rings. The number of aromatic nitrogens is 2. The zero-order chi connectivity index (χ0) is 33.8. The maximum Gasteiger partial charge on any atom is 0.490 e. The summed E-state index contributed by atoms with van der Waals surface area (Å²) in [5.74, 6) is -3.91. The molecule has 5 rings (SSSR count). The topological polar surface area (TPSA) is 124 Å². The van der Waals surface area contributed by atoms with E-state index in [4.69, 9.17) is 37.8 Å². The summed E-state index contributed by atoms with van der Waals surface area (Å²) in [6.45, 7) is 4.86. The first-order chi connectivity index (χ1) is 21.7. The van der Waals surface area contributed by atoms with Crippen LogP contribution in [0.15, 0.2) is 35.3 Å². The molecule has 1 atom stereocenters. The van der Waals surface area contributed by atoms with E-state index in [1.54, 1.807) is 27.6 Å². The van der Waals surface area contributed by atoms with Crippen molar-refractivity contribution >= 4 is 46.6 Å².